The molecular weight excluding hydrogens is 305 g/mol. The third-order valence-electron chi connectivity index (χ3n) is 3.24. The smallest absolute Gasteiger partial charge is 0.358 e. The number of amides is 1. The van der Waals surface area contributed by atoms with E-state index in [0.29, 0.717) is 0 Å². The van der Waals surface area contributed by atoms with Crippen LogP contribution in [0.4, 0.5) is 19.0 Å². The maximum Gasteiger partial charge on any atom is 0.406 e. The number of halogens is 3. The molecule has 0 saturated heterocycles. The topological polar surface area (TPSA) is 81.3 Å². The standard InChI is InChI=1S/C12H17F3N4O3/c1-8(2)9(3)18(7-12(13,14)15)11(20)6-17-5-4-10(16-17)19(21)22/h4-5,8-9H,6-7H2,1-3H3/t9-/m1/s1. The molecule has 0 N–H and O–H groups in total. The summed E-state index contributed by atoms with van der Waals surface area (Å²) in [5.74, 6) is -1.43. The number of carbonyl (C=O) groups excluding carboxylic acids is 1. The number of carbonyl (C=O) groups is 1. The van der Waals surface area contributed by atoms with Gasteiger partial charge in [-0.05, 0) is 17.8 Å². The highest BCUT2D eigenvalue weighted by molar-refractivity contribution is 5.76. The van der Waals surface area contributed by atoms with Crippen molar-refractivity contribution in [2.24, 2.45) is 5.92 Å². The first-order valence-electron chi connectivity index (χ1n) is 6.55. The zero-order valence-electron chi connectivity index (χ0n) is 12.4. The van der Waals surface area contributed by atoms with Gasteiger partial charge in [-0.25, -0.2) is 0 Å². The maximum atomic E-state index is 12.6. The molecule has 0 bridgehead atoms. The summed E-state index contributed by atoms with van der Waals surface area (Å²) in [5.41, 5.74) is 0. The lowest BCUT2D eigenvalue weighted by Crippen LogP contribution is -2.47. The van der Waals surface area contributed by atoms with Crippen molar-refractivity contribution in [3.63, 3.8) is 0 Å². The van der Waals surface area contributed by atoms with Crippen LogP contribution in [0.15, 0.2) is 12.3 Å². The van der Waals surface area contributed by atoms with Crippen molar-refractivity contribution in [3.8, 4) is 0 Å². The van der Waals surface area contributed by atoms with E-state index in [1.165, 1.54) is 13.1 Å². The lowest BCUT2D eigenvalue weighted by Gasteiger charge is -2.32. The SMILES string of the molecule is CC(C)[C@@H](C)N(CC(F)(F)F)C(=O)Cn1ccc([N+](=O)[O-])n1. The summed E-state index contributed by atoms with van der Waals surface area (Å²) >= 11 is 0. The molecule has 0 saturated carbocycles. The first-order valence-corrected chi connectivity index (χ1v) is 6.55. The van der Waals surface area contributed by atoms with E-state index >= 15 is 0 Å². The number of hydrogen-bond acceptors (Lipinski definition) is 4. The van der Waals surface area contributed by atoms with Gasteiger partial charge in [0, 0.05) is 6.04 Å². The summed E-state index contributed by atoms with van der Waals surface area (Å²) in [6, 6.07) is 0.451. The molecule has 0 fully saturated rings. The number of nitro groups is 1. The van der Waals surface area contributed by atoms with Gasteiger partial charge in [-0.3, -0.25) is 4.79 Å². The first kappa shape index (κ1) is 17.9. The average Bonchev–Trinajstić information content (AvgIpc) is 2.82. The minimum Gasteiger partial charge on any atom is -0.358 e. The maximum absolute atomic E-state index is 12.6. The van der Waals surface area contributed by atoms with Crippen LogP contribution in [-0.2, 0) is 11.3 Å². The van der Waals surface area contributed by atoms with Crippen LogP contribution in [0.5, 0.6) is 0 Å². The highest BCUT2D eigenvalue weighted by atomic mass is 19.4. The van der Waals surface area contributed by atoms with Crippen molar-refractivity contribution in [3.05, 3.63) is 22.4 Å². The zero-order valence-corrected chi connectivity index (χ0v) is 12.4. The highest BCUT2D eigenvalue weighted by Gasteiger charge is 2.36. The third-order valence-corrected chi connectivity index (χ3v) is 3.24. The minimum atomic E-state index is -4.52. The van der Waals surface area contributed by atoms with Gasteiger partial charge in [0.2, 0.25) is 5.91 Å². The molecule has 1 heterocycles. The Morgan fingerprint density at radius 3 is 2.45 bits per heavy atom. The summed E-state index contributed by atoms with van der Waals surface area (Å²) in [5, 5.41) is 14.0. The molecule has 0 spiro atoms. The third kappa shape index (κ3) is 5.01. The monoisotopic (exact) mass is 322 g/mol. The molecule has 0 unspecified atom stereocenters. The van der Waals surface area contributed by atoms with Crippen molar-refractivity contribution >= 4 is 11.7 Å². The fraction of sp³-hybridized carbons (Fsp3) is 0.667. The summed E-state index contributed by atoms with van der Waals surface area (Å²) < 4.78 is 38.9. The van der Waals surface area contributed by atoms with E-state index in [2.05, 4.69) is 5.10 Å². The van der Waals surface area contributed by atoms with Crippen LogP contribution < -0.4 is 0 Å². The highest BCUT2D eigenvalue weighted by Crippen LogP contribution is 2.21. The molecule has 7 nitrogen and oxygen atoms in total. The molecule has 1 atom stereocenters. The summed E-state index contributed by atoms with van der Waals surface area (Å²) in [4.78, 5) is 22.6. The van der Waals surface area contributed by atoms with Crippen LogP contribution in [0.3, 0.4) is 0 Å². The molecule has 1 aromatic heterocycles. The molecule has 0 radical (unpaired) electrons. The molecule has 1 aromatic rings. The van der Waals surface area contributed by atoms with Gasteiger partial charge in [0.15, 0.2) is 0 Å². The first-order chi connectivity index (χ1) is 10.0. The Morgan fingerprint density at radius 2 is 2.05 bits per heavy atom. The van der Waals surface area contributed by atoms with Crippen LogP contribution in [0.2, 0.25) is 0 Å². The van der Waals surface area contributed by atoms with Crippen LogP contribution >= 0.6 is 0 Å². The van der Waals surface area contributed by atoms with Crippen molar-refractivity contribution in [2.75, 3.05) is 6.54 Å². The Morgan fingerprint density at radius 1 is 1.45 bits per heavy atom. The Balaban J connectivity index is 2.88. The van der Waals surface area contributed by atoms with Crippen molar-refractivity contribution < 1.29 is 22.9 Å². The Bertz CT molecular complexity index is 542. The molecule has 0 aromatic carbocycles. The molecule has 10 heteroatoms. The molecule has 1 amide bonds. The predicted octanol–water partition coefficient (Wildman–Crippen LogP) is 2.23. The Kier molecular flexibility index (Phi) is 5.50. The molecule has 22 heavy (non-hydrogen) atoms. The molecule has 124 valence electrons. The normalized spacial score (nSPS) is 13.2. The quantitative estimate of drug-likeness (QED) is 0.594. The molecule has 1 rings (SSSR count). The van der Waals surface area contributed by atoms with E-state index in [0.717, 1.165) is 15.6 Å². The minimum absolute atomic E-state index is 0.168. The number of nitrogens with zero attached hydrogens (tertiary/aromatic N) is 4. The fourth-order valence-electron chi connectivity index (χ4n) is 1.78. The number of rotatable bonds is 6. The average molecular weight is 322 g/mol. The number of hydrogen-bond donors (Lipinski definition) is 0. The van der Waals surface area contributed by atoms with E-state index in [9.17, 15) is 28.1 Å². The lowest BCUT2D eigenvalue weighted by atomic mass is 10.0. The van der Waals surface area contributed by atoms with E-state index in [-0.39, 0.29) is 5.92 Å². The van der Waals surface area contributed by atoms with Gasteiger partial charge in [-0.1, -0.05) is 13.8 Å². The number of alkyl halides is 3. The van der Waals surface area contributed by atoms with Crippen molar-refractivity contribution in [1.29, 1.82) is 0 Å². The van der Waals surface area contributed by atoms with Gasteiger partial charge in [0.05, 0.1) is 17.4 Å². The Hall–Kier alpha value is -2.13. The second-order valence-electron chi connectivity index (χ2n) is 5.25. The second-order valence-corrected chi connectivity index (χ2v) is 5.25. The number of aromatic nitrogens is 2. The second kappa shape index (κ2) is 6.75. The molecule has 0 aliphatic carbocycles. The zero-order chi connectivity index (χ0) is 17.1. The van der Waals surface area contributed by atoms with E-state index < -0.39 is 42.0 Å². The summed E-state index contributed by atoms with van der Waals surface area (Å²) in [6.45, 7) is 3.09. The van der Waals surface area contributed by atoms with Gasteiger partial charge < -0.3 is 15.0 Å². The molecular formula is C12H17F3N4O3. The van der Waals surface area contributed by atoms with E-state index in [4.69, 9.17) is 0 Å². The van der Waals surface area contributed by atoms with Crippen molar-refractivity contribution in [1.82, 2.24) is 14.7 Å². The van der Waals surface area contributed by atoms with E-state index in [1.807, 2.05) is 0 Å². The van der Waals surface area contributed by atoms with Gasteiger partial charge in [0.1, 0.15) is 13.1 Å². The van der Waals surface area contributed by atoms with Gasteiger partial charge in [-0.15, -0.1) is 0 Å². The van der Waals surface area contributed by atoms with Gasteiger partial charge in [0.25, 0.3) is 0 Å². The lowest BCUT2D eigenvalue weighted by molar-refractivity contribution is -0.389. The molecule has 0 aliphatic heterocycles. The van der Waals surface area contributed by atoms with Crippen LogP contribution in [-0.4, -0.2) is 44.3 Å². The van der Waals surface area contributed by atoms with Gasteiger partial charge in [-0.2, -0.15) is 17.9 Å². The summed E-state index contributed by atoms with van der Waals surface area (Å²) in [7, 11) is 0. The Labute approximate surface area is 124 Å². The van der Waals surface area contributed by atoms with Crippen LogP contribution in [0.25, 0.3) is 0 Å². The van der Waals surface area contributed by atoms with Crippen molar-refractivity contribution in [2.45, 2.75) is 39.5 Å². The fourth-order valence-corrected chi connectivity index (χ4v) is 1.78. The van der Waals surface area contributed by atoms with E-state index in [1.54, 1.807) is 13.8 Å². The van der Waals surface area contributed by atoms with Gasteiger partial charge >= 0.3 is 12.0 Å². The van der Waals surface area contributed by atoms with Crippen LogP contribution in [0.1, 0.15) is 20.8 Å². The van der Waals surface area contributed by atoms with Crippen LogP contribution in [0, 0.1) is 16.0 Å². The largest absolute Gasteiger partial charge is 0.406 e. The molecule has 0 aliphatic rings. The summed E-state index contributed by atoms with van der Waals surface area (Å²) in [6.07, 6.45) is -3.34. The predicted molar refractivity (Wildman–Crippen MR) is 70.9 cm³/mol.